The maximum atomic E-state index is 11.2. The Bertz CT molecular complexity index is 242. The molecule has 14 heavy (non-hydrogen) atoms. The second kappa shape index (κ2) is 4.29. The van der Waals surface area contributed by atoms with Gasteiger partial charge in [-0.2, -0.15) is 0 Å². The van der Waals surface area contributed by atoms with Crippen molar-refractivity contribution in [3.05, 3.63) is 11.6 Å². The van der Waals surface area contributed by atoms with Crippen molar-refractivity contribution in [3.8, 4) is 0 Å². The topological polar surface area (TPSA) is 17.1 Å². The SMILES string of the molecule is CC(CC1=CC(=O)CCC1)C(C)(C)C. The zero-order chi connectivity index (χ0) is 10.8. The van der Waals surface area contributed by atoms with Crippen molar-refractivity contribution in [2.24, 2.45) is 11.3 Å². The fourth-order valence-corrected chi connectivity index (χ4v) is 1.72. The summed E-state index contributed by atoms with van der Waals surface area (Å²) in [6.07, 6.45) is 5.92. The van der Waals surface area contributed by atoms with Crippen LogP contribution >= 0.6 is 0 Å². The van der Waals surface area contributed by atoms with Gasteiger partial charge in [0.25, 0.3) is 0 Å². The predicted octanol–water partition coefficient (Wildman–Crippen LogP) is 3.74. The van der Waals surface area contributed by atoms with E-state index in [0.717, 1.165) is 25.7 Å². The van der Waals surface area contributed by atoms with E-state index in [4.69, 9.17) is 0 Å². The molecule has 0 aliphatic heterocycles. The molecule has 0 bridgehead atoms. The monoisotopic (exact) mass is 194 g/mol. The highest BCUT2D eigenvalue weighted by atomic mass is 16.1. The van der Waals surface area contributed by atoms with E-state index in [9.17, 15) is 4.79 Å². The van der Waals surface area contributed by atoms with E-state index in [1.165, 1.54) is 5.57 Å². The lowest BCUT2D eigenvalue weighted by Gasteiger charge is -2.28. The molecule has 0 fully saturated rings. The molecular formula is C13H22O. The Morgan fingerprint density at radius 1 is 1.36 bits per heavy atom. The van der Waals surface area contributed by atoms with Gasteiger partial charge in [0.05, 0.1) is 0 Å². The standard InChI is InChI=1S/C13H22O/c1-10(13(2,3)4)8-11-6-5-7-12(14)9-11/h9-10H,5-8H2,1-4H3. The Kier molecular flexibility index (Phi) is 3.52. The van der Waals surface area contributed by atoms with Crippen molar-refractivity contribution < 1.29 is 4.79 Å². The molecule has 80 valence electrons. The lowest BCUT2D eigenvalue weighted by molar-refractivity contribution is -0.115. The summed E-state index contributed by atoms with van der Waals surface area (Å²) in [5.41, 5.74) is 1.71. The number of carbonyl (C=O) groups excluding carboxylic acids is 1. The molecule has 0 aromatic rings. The smallest absolute Gasteiger partial charge is 0.155 e. The van der Waals surface area contributed by atoms with Gasteiger partial charge in [0.1, 0.15) is 0 Å². The highest BCUT2D eigenvalue weighted by molar-refractivity contribution is 5.91. The van der Waals surface area contributed by atoms with Crippen molar-refractivity contribution in [3.63, 3.8) is 0 Å². The van der Waals surface area contributed by atoms with Crippen LogP contribution in [0.5, 0.6) is 0 Å². The van der Waals surface area contributed by atoms with Crippen LogP contribution in [0.25, 0.3) is 0 Å². The maximum absolute atomic E-state index is 11.2. The van der Waals surface area contributed by atoms with Crippen molar-refractivity contribution in [1.29, 1.82) is 0 Å². The average Bonchev–Trinajstić information content (AvgIpc) is 2.02. The summed E-state index contributed by atoms with van der Waals surface area (Å²) in [4.78, 5) is 11.2. The van der Waals surface area contributed by atoms with Crippen LogP contribution in [0.1, 0.15) is 53.4 Å². The molecule has 0 saturated carbocycles. The molecule has 0 aromatic heterocycles. The van der Waals surface area contributed by atoms with E-state index in [0.29, 0.717) is 17.1 Å². The molecule has 1 nitrogen and oxygen atoms in total. The van der Waals surface area contributed by atoms with Crippen LogP contribution in [0.15, 0.2) is 11.6 Å². The molecule has 1 rings (SSSR count). The van der Waals surface area contributed by atoms with Gasteiger partial charge < -0.3 is 0 Å². The lowest BCUT2D eigenvalue weighted by Crippen LogP contribution is -2.18. The van der Waals surface area contributed by atoms with Gasteiger partial charge >= 0.3 is 0 Å². The van der Waals surface area contributed by atoms with Crippen molar-refractivity contribution in [1.82, 2.24) is 0 Å². The van der Waals surface area contributed by atoms with Crippen LogP contribution in [-0.2, 0) is 4.79 Å². The number of hydrogen-bond acceptors (Lipinski definition) is 1. The van der Waals surface area contributed by atoms with Crippen molar-refractivity contribution in [2.75, 3.05) is 0 Å². The largest absolute Gasteiger partial charge is 0.295 e. The number of carbonyl (C=O) groups is 1. The van der Waals surface area contributed by atoms with Gasteiger partial charge in [0, 0.05) is 6.42 Å². The third kappa shape index (κ3) is 3.28. The fourth-order valence-electron chi connectivity index (χ4n) is 1.72. The van der Waals surface area contributed by atoms with Gasteiger partial charge in [-0.3, -0.25) is 4.79 Å². The second-order valence-electron chi connectivity index (χ2n) is 5.59. The second-order valence-corrected chi connectivity index (χ2v) is 5.59. The average molecular weight is 194 g/mol. The van der Waals surface area contributed by atoms with Crippen LogP contribution in [0.2, 0.25) is 0 Å². The molecule has 0 aromatic carbocycles. The first-order valence-corrected chi connectivity index (χ1v) is 5.62. The summed E-state index contributed by atoms with van der Waals surface area (Å²) in [5.74, 6) is 0.979. The Labute approximate surface area is 87.6 Å². The Morgan fingerprint density at radius 3 is 2.50 bits per heavy atom. The van der Waals surface area contributed by atoms with Gasteiger partial charge in [0.2, 0.25) is 0 Å². The molecule has 0 amide bonds. The summed E-state index contributed by atoms with van der Waals surface area (Å²) in [7, 11) is 0. The van der Waals surface area contributed by atoms with Crippen molar-refractivity contribution in [2.45, 2.75) is 53.4 Å². The number of ketones is 1. The Hall–Kier alpha value is -0.590. The summed E-state index contributed by atoms with van der Waals surface area (Å²) in [5, 5.41) is 0. The summed E-state index contributed by atoms with van der Waals surface area (Å²) >= 11 is 0. The minimum absolute atomic E-state index is 0.326. The molecule has 1 aliphatic carbocycles. The molecule has 0 heterocycles. The molecule has 1 atom stereocenters. The highest BCUT2D eigenvalue weighted by Crippen LogP contribution is 2.32. The quantitative estimate of drug-likeness (QED) is 0.654. The van der Waals surface area contributed by atoms with Gasteiger partial charge in [-0.25, -0.2) is 0 Å². The molecule has 1 aliphatic rings. The number of allylic oxidation sites excluding steroid dienone is 2. The summed E-state index contributed by atoms with van der Waals surface area (Å²) in [6.45, 7) is 9.08. The minimum atomic E-state index is 0.326. The van der Waals surface area contributed by atoms with Gasteiger partial charge in [-0.15, -0.1) is 0 Å². The maximum Gasteiger partial charge on any atom is 0.155 e. The number of rotatable bonds is 2. The molecule has 1 unspecified atom stereocenters. The zero-order valence-electron chi connectivity index (χ0n) is 9.89. The van der Waals surface area contributed by atoms with Gasteiger partial charge in [-0.05, 0) is 36.7 Å². The van der Waals surface area contributed by atoms with Crippen LogP contribution < -0.4 is 0 Å². The minimum Gasteiger partial charge on any atom is -0.295 e. The molecule has 0 N–H and O–H groups in total. The zero-order valence-corrected chi connectivity index (χ0v) is 9.89. The molecular weight excluding hydrogens is 172 g/mol. The fraction of sp³-hybridized carbons (Fsp3) is 0.769. The first-order chi connectivity index (χ1) is 6.39. The normalized spacial score (nSPS) is 20.6. The predicted molar refractivity (Wildman–Crippen MR) is 60.2 cm³/mol. The summed E-state index contributed by atoms with van der Waals surface area (Å²) < 4.78 is 0. The summed E-state index contributed by atoms with van der Waals surface area (Å²) in [6, 6.07) is 0. The third-order valence-corrected chi connectivity index (χ3v) is 3.33. The number of hydrogen-bond donors (Lipinski definition) is 0. The van der Waals surface area contributed by atoms with E-state index in [-0.39, 0.29) is 0 Å². The molecule has 0 spiro atoms. The first kappa shape index (κ1) is 11.5. The van der Waals surface area contributed by atoms with E-state index in [2.05, 4.69) is 27.7 Å². The van der Waals surface area contributed by atoms with Crippen LogP contribution in [0.3, 0.4) is 0 Å². The lowest BCUT2D eigenvalue weighted by atomic mass is 9.77. The Balaban J connectivity index is 2.56. The van der Waals surface area contributed by atoms with E-state index in [1.54, 1.807) is 0 Å². The molecule has 1 heteroatoms. The van der Waals surface area contributed by atoms with E-state index >= 15 is 0 Å². The molecule has 0 saturated heterocycles. The van der Waals surface area contributed by atoms with Crippen LogP contribution in [0, 0.1) is 11.3 Å². The molecule has 0 radical (unpaired) electrons. The van der Waals surface area contributed by atoms with Crippen LogP contribution in [-0.4, -0.2) is 5.78 Å². The van der Waals surface area contributed by atoms with Gasteiger partial charge in [-0.1, -0.05) is 33.3 Å². The third-order valence-electron chi connectivity index (χ3n) is 3.33. The van der Waals surface area contributed by atoms with E-state index in [1.807, 2.05) is 6.08 Å². The van der Waals surface area contributed by atoms with E-state index < -0.39 is 0 Å². The van der Waals surface area contributed by atoms with Gasteiger partial charge in [0.15, 0.2) is 5.78 Å². The highest BCUT2D eigenvalue weighted by Gasteiger charge is 2.22. The van der Waals surface area contributed by atoms with Crippen molar-refractivity contribution >= 4 is 5.78 Å². The first-order valence-electron chi connectivity index (χ1n) is 5.62. The Morgan fingerprint density at radius 2 is 2.00 bits per heavy atom. The van der Waals surface area contributed by atoms with Crippen LogP contribution in [0.4, 0.5) is 0 Å².